The highest BCUT2D eigenvalue weighted by atomic mass is 32.2. The van der Waals surface area contributed by atoms with Gasteiger partial charge in [-0.15, -0.1) is 0 Å². The minimum Gasteiger partial charge on any atom is -0.457 e. The molecule has 2 saturated heterocycles. The Labute approximate surface area is 162 Å². The van der Waals surface area contributed by atoms with Crippen molar-refractivity contribution in [1.29, 1.82) is 0 Å². The van der Waals surface area contributed by atoms with E-state index in [1.165, 1.54) is 16.4 Å². The molecule has 2 amide bonds. The summed E-state index contributed by atoms with van der Waals surface area (Å²) in [6.45, 7) is 1.79. The summed E-state index contributed by atoms with van der Waals surface area (Å²) < 4.78 is 37.1. The zero-order chi connectivity index (χ0) is 19.9. The Bertz CT molecular complexity index is 1010. The number of benzene rings is 2. The number of aryl methyl sites for hydroxylation is 1. The minimum absolute atomic E-state index is 0.0602. The van der Waals surface area contributed by atoms with Crippen LogP contribution in [0.3, 0.4) is 0 Å². The Morgan fingerprint density at radius 3 is 2.36 bits per heavy atom. The summed E-state index contributed by atoms with van der Waals surface area (Å²) in [6, 6.07) is 13.2. The SMILES string of the molecule is Cc1cccc(Oc2ccc(S(=O)(=O)N3CC(N4C(=O)COC4=O)C3)cc2)c1. The minimum atomic E-state index is -3.71. The monoisotopic (exact) mass is 402 g/mol. The van der Waals surface area contributed by atoms with Crippen molar-refractivity contribution >= 4 is 22.0 Å². The topological polar surface area (TPSA) is 93.2 Å². The van der Waals surface area contributed by atoms with Crippen molar-refractivity contribution in [3.63, 3.8) is 0 Å². The van der Waals surface area contributed by atoms with E-state index in [0.717, 1.165) is 10.5 Å². The molecular weight excluding hydrogens is 384 g/mol. The fraction of sp³-hybridized carbons (Fsp3) is 0.263. The van der Waals surface area contributed by atoms with Crippen molar-refractivity contribution < 1.29 is 27.5 Å². The molecule has 0 spiro atoms. The maximum atomic E-state index is 12.7. The fourth-order valence-electron chi connectivity index (χ4n) is 3.14. The van der Waals surface area contributed by atoms with Crippen LogP contribution < -0.4 is 4.74 Å². The molecule has 9 heteroatoms. The maximum Gasteiger partial charge on any atom is 0.417 e. The Balaban J connectivity index is 1.42. The summed E-state index contributed by atoms with van der Waals surface area (Å²) in [7, 11) is -3.71. The molecule has 2 heterocycles. The Morgan fingerprint density at radius 1 is 1.04 bits per heavy atom. The van der Waals surface area contributed by atoms with Crippen LogP contribution in [0.15, 0.2) is 53.4 Å². The molecule has 2 fully saturated rings. The Morgan fingerprint density at radius 2 is 1.75 bits per heavy atom. The van der Waals surface area contributed by atoms with E-state index < -0.39 is 28.1 Å². The molecule has 2 aromatic carbocycles. The van der Waals surface area contributed by atoms with E-state index in [1.54, 1.807) is 12.1 Å². The second-order valence-corrected chi connectivity index (χ2v) is 8.62. The van der Waals surface area contributed by atoms with E-state index >= 15 is 0 Å². The van der Waals surface area contributed by atoms with Crippen LogP contribution in [-0.2, 0) is 19.6 Å². The van der Waals surface area contributed by atoms with Gasteiger partial charge < -0.3 is 9.47 Å². The number of cyclic esters (lactones) is 1. The van der Waals surface area contributed by atoms with Crippen molar-refractivity contribution in [2.24, 2.45) is 0 Å². The number of ether oxygens (including phenoxy) is 2. The molecule has 28 heavy (non-hydrogen) atoms. The molecular formula is C19H18N2O6S. The smallest absolute Gasteiger partial charge is 0.417 e. The van der Waals surface area contributed by atoms with Gasteiger partial charge in [0, 0.05) is 13.1 Å². The van der Waals surface area contributed by atoms with Crippen molar-refractivity contribution in [3.8, 4) is 11.5 Å². The zero-order valence-corrected chi connectivity index (χ0v) is 15.9. The van der Waals surface area contributed by atoms with Gasteiger partial charge in [0.25, 0.3) is 5.91 Å². The molecule has 0 bridgehead atoms. The van der Waals surface area contributed by atoms with Gasteiger partial charge in [-0.05, 0) is 48.9 Å². The summed E-state index contributed by atoms with van der Waals surface area (Å²) in [4.78, 5) is 24.3. The molecule has 2 aliphatic rings. The third-order valence-corrected chi connectivity index (χ3v) is 6.51. The van der Waals surface area contributed by atoms with Crippen molar-refractivity contribution in [2.45, 2.75) is 17.9 Å². The van der Waals surface area contributed by atoms with Gasteiger partial charge in [-0.2, -0.15) is 4.31 Å². The molecule has 4 rings (SSSR count). The van der Waals surface area contributed by atoms with Crippen molar-refractivity contribution in [2.75, 3.05) is 19.7 Å². The third kappa shape index (κ3) is 3.34. The summed E-state index contributed by atoms with van der Waals surface area (Å²) in [5.41, 5.74) is 1.06. The number of nitrogens with zero attached hydrogens (tertiary/aromatic N) is 2. The summed E-state index contributed by atoms with van der Waals surface area (Å²) in [6.07, 6.45) is -0.718. The molecule has 0 radical (unpaired) electrons. The first kappa shape index (κ1) is 18.5. The number of hydrogen-bond donors (Lipinski definition) is 0. The van der Waals surface area contributed by atoms with Crippen molar-refractivity contribution in [1.82, 2.24) is 9.21 Å². The predicted molar refractivity (Wildman–Crippen MR) is 98.4 cm³/mol. The number of carbonyl (C=O) groups is 2. The first-order valence-corrected chi connectivity index (χ1v) is 10.1. The second kappa shape index (κ2) is 6.92. The number of imide groups is 1. The molecule has 0 N–H and O–H groups in total. The summed E-state index contributed by atoms with van der Waals surface area (Å²) in [5, 5.41) is 0. The van der Waals surface area contributed by atoms with E-state index in [9.17, 15) is 18.0 Å². The molecule has 8 nitrogen and oxygen atoms in total. The summed E-state index contributed by atoms with van der Waals surface area (Å²) >= 11 is 0. The average Bonchev–Trinajstić information content (AvgIpc) is 2.93. The summed E-state index contributed by atoms with van der Waals surface area (Å²) in [5.74, 6) is 0.754. The number of sulfonamides is 1. The molecule has 0 unspecified atom stereocenters. The van der Waals surface area contributed by atoms with E-state index in [4.69, 9.17) is 4.74 Å². The highest BCUT2D eigenvalue weighted by Crippen LogP contribution is 2.28. The van der Waals surface area contributed by atoms with E-state index in [1.807, 2.05) is 31.2 Å². The quantitative estimate of drug-likeness (QED) is 0.761. The lowest BCUT2D eigenvalue weighted by Gasteiger charge is -2.40. The maximum absolute atomic E-state index is 12.7. The van der Waals surface area contributed by atoms with Gasteiger partial charge in [-0.25, -0.2) is 18.1 Å². The van der Waals surface area contributed by atoms with Crippen LogP contribution in [0.4, 0.5) is 4.79 Å². The van der Waals surface area contributed by atoms with Crippen LogP contribution in [0.2, 0.25) is 0 Å². The first-order chi connectivity index (χ1) is 13.3. The highest BCUT2D eigenvalue weighted by Gasteiger charge is 2.46. The Hall–Kier alpha value is -2.91. The molecule has 0 atom stereocenters. The van der Waals surface area contributed by atoms with E-state index in [-0.39, 0.29) is 24.6 Å². The molecule has 2 aromatic rings. The molecule has 0 aliphatic carbocycles. The lowest BCUT2D eigenvalue weighted by molar-refractivity contribution is -0.128. The van der Waals surface area contributed by atoms with Gasteiger partial charge in [0.05, 0.1) is 10.9 Å². The van der Waals surface area contributed by atoms with E-state index in [2.05, 4.69) is 4.74 Å². The normalized spacial score (nSPS) is 18.1. The number of rotatable bonds is 5. The molecule has 2 aliphatic heterocycles. The van der Waals surface area contributed by atoms with Crippen LogP contribution in [-0.4, -0.2) is 55.4 Å². The van der Waals surface area contributed by atoms with Gasteiger partial charge >= 0.3 is 6.09 Å². The molecule has 0 saturated carbocycles. The molecule has 146 valence electrons. The first-order valence-electron chi connectivity index (χ1n) is 8.68. The highest BCUT2D eigenvalue weighted by molar-refractivity contribution is 7.89. The van der Waals surface area contributed by atoms with Gasteiger partial charge in [-0.3, -0.25) is 4.79 Å². The number of amides is 2. The number of hydrogen-bond acceptors (Lipinski definition) is 6. The van der Waals surface area contributed by atoms with Crippen molar-refractivity contribution in [3.05, 3.63) is 54.1 Å². The number of carbonyl (C=O) groups excluding carboxylic acids is 2. The van der Waals surface area contributed by atoms with Crippen LogP contribution >= 0.6 is 0 Å². The second-order valence-electron chi connectivity index (χ2n) is 6.68. The average molecular weight is 402 g/mol. The van der Waals surface area contributed by atoms with Gasteiger partial charge in [0.1, 0.15) is 11.5 Å². The predicted octanol–water partition coefficient (Wildman–Crippen LogP) is 2.14. The standard InChI is InChI=1S/C19H18N2O6S/c1-13-3-2-4-16(9-13)27-15-5-7-17(8-6-15)28(24,25)20-10-14(11-20)21-18(22)12-26-19(21)23/h2-9,14H,10-12H2,1H3. The molecule has 0 aromatic heterocycles. The third-order valence-electron chi connectivity index (χ3n) is 4.67. The van der Waals surface area contributed by atoms with Crippen LogP contribution in [0.5, 0.6) is 11.5 Å². The van der Waals surface area contributed by atoms with Crippen LogP contribution in [0.25, 0.3) is 0 Å². The largest absolute Gasteiger partial charge is 0.457 e. The Kier molecular flexibility index (Phi) is 4.56. The van der Waals surface area contributed by atoms with E-state index in [0.29, 0.717) is 11.5 Å². The lowest BCUT2D eigenvalue weighted by atomic mass is 10.1. The van der Waals surface area contributed by atoms with Crippen LogP contribution in [0.1, 0.15) is 5.56 Å². The van der Waals surface area contributed by atoms with Crippen LogP contribution in [0, 0.1) is 6.92 Å². The van der Waals surface area contributed by atoms with Gasteiger partial charge in [0.2, 0.25) is 10.0 Å². The fourth-order valence-corrected chi connectivity index (χ4v) is 4.65. The zero-order valence-electron chi connectivity index (χ0n) is 15.1. The van der Waals surface area contributed by atoms with Gasteiger partial charge in [-0.1, -0.05) is 12.1 Å². The van der Waals surface area contributed by atoms with Gasteiger partial charge in [0.15, 0.2) is 6.61 Å². The lowest BCUT2D eigenvalue weighted by Crippen LogP contribution is -2.62.